The van der Waals surface area contributed by atoms with Crippen molar-refractivity contribution in [2.24, 2.45) is 5.73 Å². The van der Waals surface area contributed by atoms with Crippen molar-refractivity contribution in [3.8, 4) is 0 Å². The van der Waals surface area contributed by atoms with Gasteiger partial charge in [0.1, 0.15) is 6.04 Å². The van der Waals surface area contributed by atoms with E-state index in [1.165, 1.54) is 7.11 Å². The Hall–Kier alpha value is -1.73. The van der Waals surface area contributed by atoms with E-state index in [9.17, 15) is 4.79 Å². The summed E-state index contributed by atoms with van der Waals surface area (Å²) in [6, 6.07) is -0.678. The number of ether oxygens (including phenoxy) is 2. The predicted octanol–water partition coefficient (Wildman–Crippen LogP) is -0.644. The van der Waals surface area contributed by atoms with E-state index in [4.69, 9.17) is 10.5 Å². The lowest BCUT2D eigenvalue weighted by Gasteiger charge is -2.26. The maximum Gasteiger partial charge on any atom is 0.322 e. The van der Waals surface area contributed by atoms with Crippen molar-refractivity contribution >= 4 is 11.9 Å². The van der Waals surface area contributed by atoms with Gasteiger partial charge in [-0.05, 0) is 5.56 Å². The molecule has 1 saturated heterocycles. The highest BCUT2D eigenvalue weighted by Crippen LogP contribution is 2.10. The summed E-state index contributed by atoms with van der Waals surface area (Å²) < 4.78 is 9.85. The van der Waals surface area contributed by atoms with Crippen molar-refractivity contribution in [1.82, 2.24) is 9.97 Å². The average Bonchev–Trinajstić information content (AvgIpc) is 2.48. The Balaban J connectivity index is 1.96. The van der Waals surface area contributed by atoms with Gasteiger partial charge in [0.15, 0.2) is 0 Å². The standard InChI is InChI=1S/C12H18N4O3/c1-18-11(17)10(13)6-9-7-14-12(15-8-9)16-2-4-19-5-3-16/h7-8,10H,2-6,13H2,1H3. The third-order valence-electron chi connectivity index (χ3n) is 2.95. The van der Waals surface area contributed by atoms with Gasteiger partial charge in [0.2, 0.25) is 5.95 Å². The molecule has 1 aromatic rings. The summed E-state index contributed by atoms with van der Waals surface area (Å²) in [5, 5.41) is 0. The summed E-state index contributed by atoms with van der Waals surface area (Å²) in [6.07, 6.45) is 3.76. The first-order valence-corrected chi connectivity index (χ1v) is 6.17. The fourth-order valence-corrected chi connectivity index (χ4v) is 1.87. The molecule has 0 radical (unpaired) electrons. The fourth-order valence-electron chi connectivity index (χ4n) is 1.87. The highest BCUT2D eigenvalue weighted by molar-refractivity contribution is 5.75. The third-order valence-corrected chi connectivity index (χ3v) is 2.95. The van der Waals surface area contributed by atoms with Gasteiger partial charge in [-0.15, -0.1) is 0 Å². The highest BCUT2D eigenvalue weighted by atomic mass is 16.5. The summed E-state index contributed by atoms with van der Waals surface area (Å²) in [7, 11) is 1.32. The van der Waals surface area contributed by atoms with Crippen LogP contribution in [-0.4, -0.2) is 55.4 Å². The zero-order valence-electron chi connectivity index (χ0n) is 10.9. The number of aromatic nitrogens is 2. The number of methoxy groups -OCH3 is 1. The Morgan fingerprint density at radius 1 is 1.47 bits per heavy atom. The summed E-state index contributed by atoms with van der Waals surface area (Å²) in [5.41, 5.74) is 6.50. The van der Waals surface area contributed by atoms with Crippen LogP contribution in [-0.2, 0) is 20.7 Å². The largest absolute Gasteiger partial charge is 0.468 e. The molecule has 7 heteroatoms. The highest BCUT2D eigenvalue weighted by Gasteiger charge is 2.16. The topological polar surface area (TPSA) is 90.6 Å². The lowest BCUT2D eigenvalue weighted by Crippen LogP contribution is -2.37. The number of carbonyl (C=O) groups is 1. The quantitative estimate of drug-likeness (QED) is 0.724. The van der Waals surface area contributed by atoms with E-state index in [0.29, 0.717) is 25.6 Å². The number of hydrogen-bond acceptors (Lipinski definition) is 7. The van der Waals surface area contributed by atoms with Crippen molar-refractivity contribution in [2.45, 2.75) is 12.5 Å². The average molecular weight is 266 g/mol. The molecule has 2 rings (SSSR count). The molecule has 0 bridgehead atoms. The molecular formula is C12H18N4O3. The lowest BCUT2D eigenvalue weighted by atomic mass is 10.1. The molecule has 0 saturated carbocycles. The molecule has 1 unspecified atom stereocenters. The Kier molecular flexibility index (Phi) is 4.64. The molecule has 19 heavy (non-hydrogen) atoms. The predicted molar refractivity (Wildman–Crippen MR) is 68.8 cm³/mol. The van der Waals surface area contributed by atoms with Crippen LogP contribution in [0.1, 0.15) is 5.56 Å². The molecule has 2 N–H and O–H groups in total. The Labute approximate surface area is 111 Å². The van der Waals surface area contributed by atoms with E-state index in [0.717, 1.165) is 18.7 Å². The van der Waals surface area contributed by atoms with Gasteiger partial charge in [-0.25, -0.2) is 9.97 Å². The first-order chi connectivity index (χ1) is 9.20. The zero-order valence-corrected chi connectivity index (χ0v) is 10.9. The second-order valence-corrected chi connectivity index (χ2v) is 4.32. The maximum absolute atomic E-state index is 11.2. The smallest absolute Gasteiger partial charge is 0.322 e. The molecule has 1 aliphatic rings. The van der Waals surface area contributed by atoms with Crippen molar-refractivity contribution < 1.29 is 14.3 Å². The van der Waals surface area contributed by atoms with E-state index in [2.05, 4.69) is 19.6 Å². The van der Waals surface area contributed by atoms with Crippen molar-refractivity contribution in [1.29, 1.82) is 0 Å². The second-order valence-electron chi connectivity index (χ2n) is 4.32. The number of nitrogens with zero attached hydrogens (tertiary/aromatic N) is 3. The van der Waals surface area contributed by atoms with Crippen LogP contribution >= 0.6 is 0 Å². The van der Waals surface area contributed by atoms with Gasteiger partial charge >= 0.3 is 5.97 Å². The summed E-state index contributed by atoms with van der Waals surface area (Å²) >= 11 is 0. The molecule has 7 nitrogen and oxygen atoms in total. The molecule has 1 aromatic heterocycles. The molecule has 1 aliphatic heterocycles. The van der Waals surface area contributed by atoms with Gasteiger partial charge in [0, 0.05) is 31.9 Å². The third kappa shape index (κ3) is 3.62. The normalized spacial score (nSPS) is 17.1. The summed E-state index contributed by atoms with van der Waals surface area (Å²) in [5.74, 6) is 0.246. The van der Waals surface area contributed by atoms with E-state index < -0.39 is 12.0 Å². The number of hydrogen-bond donors (Lipinski definition) is 1. The second kappa shape index (κ2) is 6.44. The molecule has 0 spiro atoms. The van der Waals surface area contributed by atoms with Crippen molar-refractivity contribution in [3.63, 3.8) is 0 Å². The molecule has 2 heterocycles. The van der Waals surface area contributed by atoms with Crippen LogP contribution in [0.3, 0.4) is 0 Å². The monoisotopic (exact) mass is 266 g/mol. The van der Waals surface area contributed by atoms with E-state index in [-0.39, 0.29) is 0 Å². The minimum atomic E-state index is -0.678. The molecule has 0 aromatic carbocycles. The number of carbonyl (C=O) groups excluding carboxylic acids is 1. The number of anilines is 1. The molecule has 1 atom stereocenters. The summed E-state index contributed by atoms with van der Waals surface area (Å²) in [4.78, 5) is 21.9. The number of rotatable bonds is 4. The Morgan fingerprint density at radius 2 is 2.11 bits per heavy atom. The number of morpholine rings is 1. The van der Waals surface area contributed by atoms with Gasteiger partial charge in [-0.1, -0.05) is 0 Å². The first-order valence-electron chi connectivity index (χ1n) is 6.17. The fraction of sp³-hybridized carbons (Fsp3) is 0.583. The summed E-state index contributed by atoms with van der Waals surface area (Å²) in [6.45, 7) is 2.97. The Bertz CT molecular complexity index is 417. The molecular weight excluding hydrogens is 248 g/mol. The van der Waals surface area contributed by atoms with Gasteiger partial charge in [0.25, 0.3) is 0 Å². The SMILES string of the molecule is COC(=O)C(N)Cc1cnc(N2CCOCC2)nc1. The van der Waals surface area contributed by atoms with Crippen LogP contribution in [0.4, 0.5) is 5.95 Å². The van der Waals surface area contributed by atoms with Crippen LogP contribution in [0.2, 0.25) is 0 Å². The van der Waals surface area contributed by atoms with Gasteiger partial charge in [-0.3, -0.25) is 4.79 Å². The van der Waals surface area contributed by atoms with E-state index in [1.54, 1.807) is 12.4 Å². The maximum atomic E-state index is 11.2. The molecule has 104 valence electrons. The number of nitrogens with two attached hydrogens (primary N) is 1. The van der Waals surface area contributed by atoms with Crippen LogP contribution in [0.5, 0.6) is 0 Å². The Morgan fingerprint density at radius 3 is 2.68 bits per heavy atom. The van der Waals surface area contributed by atoms with Crippen LogP contribution < -0.4 is 10.6 Å². The number of esters is 1. The lowest BCUT2D eigenvalue weighted by molar-refractivity contribution is -0.142. The molecule has 0 aliphatic carbocycles. The van der Waals surface area contributed by atoms with Crippen LogP contribution in [0.25, 0.3) is 0 Å². The van der Waals surface area contributed by atoms with Crippen LogP contribution in [0, 0.1) is 0 Å². The van der Waals surface area contributed by atoms with Gasteiger partial charge < -0.3 is 20.1 Å². The van der Waals surface area contributed by atoms with Gasteiger partial charge in [-0.2, -0.15) is 0 Å². The minimum absolute atomic E-state index is 0.371. The minimum Gasteiger partial charge on any atom is -0.468 e. The van der Waals surface area contributed by atoms with Crippen molar-refractivity contribution in [3.05, 3.63) is 18.0 Å². The van der Waals surface area contributed by atoms with Gasteiger partial charge in [0.05, 0.1) is 20.3 Å². The van der Waals surface area contributed by atoms with Crippen LogP contribution in [0.15, 0.2) is 12.4 Å². The van der Waals surface area contributed by atoms with E-state index in [1.807, 2.05) is 0 Å². The first kappa shape index (κ1) is 13.7. The van der Waals surface area contributed by atoms with E-state index >= 15 is 0 Å². The molecule has 1 fully saturated rings. The molecule has 0 amide bonds. The van der Waals surface area contributed by atoms with Crippen molar-refractivity contribution in [2.75, 3.05) is 38.3 Å². The zero-order chi connectivity index (χ0) is 13.7.